The SMILES string of the molecule is CCNC(=O)[C@H](C)Sc1nnc(-c2cc3c(s2)CC[C@H](C(C)(C)C)C3)n1C. The molecule has 0 saturated heterocycles. The molecule has 0 unspecified atom stereocenters. The first kappa shape index (κ1) is 20.4. The highest BCUT2D eigenvalue weighted by Crippen LogP contribution is 2.42. The van der Waals surface area contributed by atoms with Crippen molar-refractivity contribution in [2.24, 2.45) is 18.4 Å². The number of rotatable bonds is 5. The van der Waals surface area contributed by atoms with Crippen LogP contribution in [0.25, 0.3) is 10.7 Å². The van der Waals surface area contributed by atoms with Crippen molar-refractivity contribution < 1.29 is 4.79 Å². The Morgan fingerprint density at radius 2 is 2.19 bits per heavy atom. The van der Waals surface area contributed by atoms with Gasteiger partial charge in [0.2, 0.25) is 5.91 Å². The zero-order valence-electron chi connectivity index (χ0n) is 17.1. The summed E-state index contributed by atoms with van der Waals surface area (Å²) in [6.45, 7) is 11.5. The standard InChI is InChI=1S/C20H30N4OS2/c1-7-21-18(25)12(2)26-19-23-22-17(24(19)6)16-11-13-10-14(20(3,4)5)8-9-15(13)27-16/h11-12,14H,7-10H2,1-6H3,(H,21,25)/t12-,14-/m0/s1. The summed E-state index contributed by atoms with van der Waals surface area (Å²) in [5.74, 6) is 1.66. The molecule has 5 nitrogen and oxygen atoms in total. The second-order valence-electron chi connectivity index (χ2n) is 8.38. The van der Waals surface area contributed by atoms with Gasteiger partial charge in [-0.1, -0.05) is 32.5 Å². The van der Waals surface area contributed by atoms with Gasteiger partial charge in [-0.25, -0.2) is 0 Å². The zero-order valence-corrected chi connectivity index (χ0v) is 18.8. The van der Waals surface area contributed by atoms with Crippen molar-refractivity contribution in [3.05, 3.63) is 16.5 Å². The van der Waals surface area contributed by atoms with Gasteiger partial charge in [0.25, 0.3) is 0 Å². The Balaban J connectivity index is 1.78. The number of carbonyl (C=O) groups excluding carboxylic acids is 1. The zero-order chi connectivity index (χ0) is 19.8. The first-order chi connectivity index (χ1) is 12.7. The van der Waals surface area contributed by atoms with Crippen molar-refractivity contribution in [3.63, 3.8) is 0 Å². The lowest BCUT2D eigenvalue weighted by Crippen LogP contribution is -2.30. The van der Waals surface area contributed by atoms with Crippen LogP contribution in [0, 0.1) is 11.3 Å². The molecule has 3 rings (SSSR count). The van der Waals surface area contributed by atoms with Crippen LogP contribution in [0.3, 0.4) is 0 Å². The molecule has 1 aliphatic carbocycles. The summed E-state index contributed by atoms with van der Waals surface area (Å²) in [6, 6.07) is 2.31. The van der Waals surface area contributed by atoms with Gasteiger partial charge < -0.3 is 9.88 Å². The van der Waals surface area contributed by atoms with Gasteiger partial charge in [0.15, 0.2) is 11.0 Å². The van der Waals surface area contributed by atoms with Crippen molar-refractivity contribution >= 4 is 29.0 Å². The Hall–Kier alpha value is -1.34. The highest BCUT2D eigenvalue weighted by Gasteiger charge is 2.30. The van der Waals surface area contributed by atoms with E-state index in [1.165, 1.54) is 33.5 Å². The number of aryl methyl sites for hydroxylation is 1. The fourth-order valence-electron chi connectivity index (χ4n) is 3.53. The molecule has 1 aliphatic rings. The number of hydrogen-bond acceptors (Lipinski definition) is 5. The topological polar surface area (TPSA) is 59.8 Å². The monoisotopic (exact) mass is 406 g/mol. The molecule has 27 heavy (non-hydrogen) atoms. The Bertz CT molecular complexity index is 819. The van der Waals surface area contributed by atoms with Crippen molar-refractivity contribution in [1.82, 2.24) is 20.1 Å². The van der Waals surface area contributed by atoms with Gasteiger partial charge in [0.05, 0.1) is 10.1 Å². The van der Waals surface area contributed by atoms with Crippen LogP contribution in [0.4, 0.5) is 0 Å². The summed E-state index contributed by atoms with van der Waals surface area (Å²) < 4.78 is 2.01. The smallest absolute Gasteiger partial charge is 0.233 e. The van der Waals surface area contributed by atoms with Gasteiger partial charge in [-0.2, -0.15) is 0 Å². The maximum Gasteiger partial charge on any atom is 0.233 e. The number of aromatic nitrogens is 3. The molecule has 2 aromatic rings. The first-order valence-electron chi connectivity index (χ1n) is 9.66. The van der Waals surface area contributed by atoms with Gasteiger partial charge >= 0.3 is 0 Å². The van der Waals surface area contributed by atoms with Crippen molar-refractivity contribution in [2.45, 2.75) is 64.3 Å². The minimum Gasteiger partial charge on any atom is -0.355 e. The van der Waals surface area contributed by atoms with E-state index in [-0.39, 0.29) is 11.2 Å². The van der Waals surface area contributed by atoms with Gasteiger partial charge in [0.1, 0.15) is 0 Å². The number of nitrogens with zero attached hydrogens (tertiary/aromatic N) is 3. The Morgan fingerprint density at radius 1 is 1.44 bits per heavy atom. The molecule has 2 heterocycles. The van der Waals surface area contributed by atoms with Crippen LogP contribution in [-0.4, -0.2) is 32.5 Å². The summed E-state index contributed by atoms with van der Waals surface area (Å²) >= 11 is 3.30. The molecule has 0 aromatic carbocycles. The molecule has 0 saturated carbocycles. The molecule has 0 bridgehead atoms. The molecule has 2 atom stereocenters. The molecule has 0 fully saturated rings. The Labute approximate surface area is 170 Å². The number of thiophene rings is 1. The van der Waals surface area contributed by atoms with E-state index in [9.17, 15) is 4.79 Å². The lowest BCUT2D eigenvalue weighted by Gasteiger charge is -2.33. The molecular weight excluding hydrogens is 376 g/mol. The van der Waals surface area contributed by atoms with Crippen LogP contribution >= 0.6 is 23.1 Å². The summed E-state index contributed by atoms with van der Waals surface area (Å²) in [7, 11) is 1.98. The van der Waals surface area contributed by atoms with E-state index in [1.54, 1.807) is 0 Å². The van der Waals surface area contributed by atoms with Crippen molar-refractivity contribution in [2.75, 3.05) is 6.54 Å². The molecular formula is C20H30N4OS2. The number of fused-ring (bicyclic) bond motifs is 1. The second kappa shape index (κ2) is 7.95. The normalized spacial score (nSPS) is 18.2. The lowest BCUT2D eigenvalue weighted by atomic mass is 9.72. The van der Waals surface area contributed by atoms with Crippen LogP contribution in [0.2, 0.25) is 0 Å². The third kappa shape index (κ3) is 4.40. The average Bonchev–Trinajstić information content (AvgIpc) is 3.17. The van der Waals surface area contributed by atoms with Gasteiger partial charge in [0, 0.05) is 18.5 Å². The number of thioether (sulfide) groups is 1. The lowest BCUT2D eigenvalue weighted by molar-refractivity contribution is -0.120. The van der Waals surface area contributed by atoms with E-state index < -0.39 is 0 Å². The Morgan fingerprint density at radius 3 is 2.85 bits per heavy atom. The maximum absolute atomic E-state index is 12.0. The predicted molar refractivity (Wildman–Crippen MR) is 113 cm³/mol. The van der Waals surface area contributed by atoms with E-state index in [0.717, 1.165) is 29.7 Å². The highest BCUT2D eigenvalue weighted by atomic mass is 32.2. The molecule has 0 radical (unpaired) electrons. The third-order valence-corrected chi connectivity index (χ3v) is 7.73. The number of nitrogens with one attached hydrogen (secondary N) is 1. The van der Waals surface area contributed by atoms with Crippen molar-refractivity contribution in [1.29, 1.82) is 0 Å². The van der Waals surface area contributed by atoms with Gasteiger partial charge in [-0.15, -0.1) is 21.5 Å². The van der Waals surface area contributed by atoms with Crippen LogP contribution in [-0.2, 0) is 24.7 Å². The molecule has 1 amide bonds. The fraction of sp³-hybridized carbons (Fsp3) is 0.650. The Kier molecular flexibility index (Phi) is 6.01. The molecule has 0 spiro atoms. The maximum atomic E-state index is 12.0. The van der Waals surface area contributed by atoms with Gasteiger partial charge in [-0.05, 0) is 56.1 Å². The number of amides is 1. The quantitative estimate of drug-likeness (QED) is 0.752. The molecule has 2 aromatic heterocycles. The number of carbonyl (C=O) groups is 1. The summed E-state index contributed by atoms with van der Waals surface area (Å²) in [6.07, 6.45) is 3.58. The summed E-state index contributed by atoms with van der Waals surface area (Å²) in [5, 5.41) is 12.2. The van der Waals surface area contributed by atoms with Crippen LogP contribution < -0.4 is 5.32 Å². The van der Waals surface area contributed by atoms with E-state index in [0.29, 0.717) is 12.0 Å². The molecule has 148 valence electrons. The van der Waals surface area contributed by atoms with E-state index in [4.69, 9.17) is 0 Å². The largest absolute Gasteiger partial charge is 0.355 e. The van der Waals surface area contributed by atoms with Crippen LogP contribution in [0.15, 0.2) is 11.2 Å². The summed E-state index contributed by atoms with van der Waals surface area (Å²) in [5.41, 5.74) is 1.83. The minimum absolute atomic E-state index is 0.0341. The highest BCUT2D eigenvalue weighted by molar-refractivity contribution is 8.00. The van der Waals surface area contributed by atoms with E-state index >= 15 is 0 Å². The summed E-state index contributed by atoms with van der Waals surface area (Å²) in [4.78, 5) is 14.7. The predicted octanol–water partition coefficient (Wildman–Crippen LogP) is 4.31. The van der Waals surface area contributed by atoms with E-state index in [2.05, 4.69) is 42.4 Å². The van der Waals surface area contributed by atoms with Crippen LogP contribution in [0.1, 0.15) is 51.5 Å². The molecule has 1 N–H and O–H groups in total. The third-order valence-electron chi connectivity index (χ3n) is 5.37. The fourth-order valence-corrected chi connectivity index (χ4v) is 5.60. The van der Waals surface area contributed by atoms with Crippen molar-refractivity contribution in [3.8, 4) is 10.7 Å². The van der Waals surface area contributed by atoms with Crippen LogP contribution in [0.5, 0.6) is 0 Å². The van der Waals surface area contributed by atoms with Gasteiger partial charge in [-0.3, -0.25) is 4.79 Å². The second-order valence-corrected chi connectivity index (χ2v) is 10.8. The van der Waals surface area contributed by atoms with E-state index in [1.807, 2.05) is 36.8 Å². The molecule has 7 heteroatoms. The number of hydrogen-bond donors (Lipinski definition) is 1. The first-order valence-corrected chi connectivity index (χ1v) is 11.4. The minimum atomic E-state index is -0.190. The molecule has 0 aliphatic heterocycles. The average molecular weight is 407 g/mol.